The van der Waals surface area contributed by atoms with E-state index in [0.29, 0.717) is 48.8 Å². The predicted octanol–water partition coefficient (Wildman–Crippen LogP) is 4.07. The second-order valence-electron chi connectivity index (χ2n) is 9.68. The molecular weight excluding hydrogens is 491 g/mol. The maximum absolute atomic E-state index is 13.5. The van der Waals surface area contributed by atoms with Crippen molar-refractivity contribution in [3.8, 4) is 5.75 Å². The van der Waals surface area contributed by atoms with E-state index in [9.17, 15) is 14.0 Å². The van der Waals surface area contributed by atoms with Gasteiger partial charge in [-0.1, -0.05) is 6.92 Å². The summed E-state index contributed by atoms with van der Waals surface area (Å²) in [5, 5.41) is 2.78. The number of nitrogens with one attached hydrogen (secondary N) is 1. The highest BCUT2D eigenvalue weighted by Gasteiger charge is 2.29. The Balaban J connectivity index is 1.61. The van der Waals surface area contributed by atoms with Crippen LogP contribution in [0.25, 0.3) is 0 Å². The van der Waals surface area contributed by atoms with E-state index in [1.54, 1.807) is 43.5 Å². The topological polar surface area (TPSA) is 97.1 Å². The molecule has 38 heavy (non-hydrogen) atoms. The number of fused-ring (bicyclic) bond motifs is 1. The molecule has 0 bridgehead atoms. The van der Waals surface area contributed by atoms with Crippen LogP contribution in [-0.2, 0) is 11.3 Å². The summed E-state index contributed by atoms with van der Waals surface area (Å²) in [5.41, 5.74) is 1.87. The second-order valence-corrected chi connectivity index (χ2v) is 9.68. The number of aromatic nitrogens is 1. The Morgan fingerprint density at radius 2 is 1.95 bits per heavy atom. The van der Waals surface area contributed by atoms with Crippen LogP contribution in [0, 0.1) is 11.7 Å². The smallest absolute Gasteiger partial charge is 0.257 e. The minimum Gasteiger partial charge on any atom is -0.491 e. The van der Waals surface area contributed by atoms with Crippen molar-refractivity contribution in [1.29, 1.82) is 0 Å². The second kappa shape index (κ2) is 12.2. The van der Waals surface area contributed by atoms with E-state index in [1.807, 2.05) is 0 Å². The zero-order valence-corrected chi connectivity index (χ0v) is 22.0. The summed E-state index contributed by atoms with van der Waals surface area (Å²) in [6.07, 6.45) is 2.84. The number of benzene rings is 2. The summed E-state index contributed by atoms with van der Waals surface area (Å²) in [4.78, 5) is 34.3. The van der Waals surface area contributed by atoms with E-state index in [-0.39, 0.29) is 24.0 Å². The van der Waals surface area contributed by atoms with Crippen molar-refractivity contribution >= 4 is 17.5 Å². The predicted molar refractivity (Wildman–Crippen MR) is 140 cm³/mol. The first-order valence-corrected chi connectivity index (χ1v) is 12.5. The molecule has 3 aromatic rings. The van der Waals surface area contributed by atoms with Crippen molar-refractivity contribution in [3.63, 3.8) is 0 Å². The van der Waals surface area contributed by atoms with Crippen molar-refractivity contribution in [2.24, 2.45) is 5.92 Å². The molecule has 202 valence electrons. The first-order chi connectivity index (χ1) is 18.2. The number of oxazole rings is 1. The highest BCUT2D eigenvalue weighted by Crippen LogP contribution is 2.27. The molecule has 0 radical (unpaired) electrons. The van der Waals surface area contributed by atoms with Crippen molar-refractivity contribution in [2.45, 2.75) is 32.5 Å². The van der Waals surface area contributed by atoms with Gasteiger partial charge in [0.15, 0.2) is 6.39 Å². The SMILES string of the molecule is CO[C@H]1CN(C)C(=O)c2cc(NC(=O)c3ccc(F)cc3)ccc2OC[C@@H](C)N(Cc2cocn2)C[C@@H]1C. The number of nitrogens with zero attached hydrogens (tertiary/aromatic N) is 3. The Kier molecular flexibility index (Phi) is 8.75. The van der Waals surface area contributed by atoms with E-state index in [1.165, 1.54) is 30.7 Å². The van der Waals surface area contributed by atoms with E-state index in [4.69, 9.17) is 13.9 Å². The number of rotatable bonds is 5. The standard InChI is InChI=1S/C28H33FN4O5/c1-18-12-33(13-23-16-37-17-30-23)19(2)15-38-25-10-9-22(31-27(34)20-5-7-21(29)8-6-20)11-24(25)28(35)32(3)14-26(18)36-4/h5-11,16-19,26H,12-15H2,1-4H3,(H,31,34)/t18-,19+,26-/m0/s1. The van der Waals surface area contributed by atoms with Crippen LogP contribution in [0.2, 0.25) is 0 Å². The molecule has 10 heteroatoms. The van der Waals surface area contributed by atoms with Gasteiger partial charge in [0.1, 0.15) is 24.4 Å². The number of ether oxygens (including phenoxy) is 2. The summed E-state index contributed by atoms with van der Waals surface area (Å²) in [6, 6.07) is 10.2. The lowest BCUT2D eigenvalue weighted by Gasteiger charge is -2.35. The molecule has 0 unspecified atom stereocenters. The van der Waals surface area contributed by atoms with Gasteiger partial charge in [0.25, 0.3) is 11.8 Å². The Morgan fingerprint density at radius 3 is 2.63 bits per heavy atom. The molecule has 1 N–H and O–H groups in total. The van der Waals surface area contributed by atoms with Gasteiger partial charge in [-0.3, -0.25) is 14.5 Å². The van der Waals surface area contributed by atoms with Gasteiger partial charge in [0, 0.05) is 51.1 Å². The van der Waals surface area contributed by atoms with Gasteiger partial charge >= 0.3 is 0 Å². The number of halogens is 1. The maximum Gasteiger partial charge on any atom is 0.257 e. The molecule has 0 aliphatic carbocycles. The number of amides is 2. The Morgan fingerprint density at radius 1 is 1.18 bits per heavy atom. The first kappa shape index (κ1) is 27.3. The minimum absolute atomic E-state index is 0.00961. The quantitative estimate of drug-likeness (QED) is 0.537. The highest BCUT2D eigenvalue weighted by molar-refractivity contribution is 6.05. The molecule has 2 heterocycles. The van der Waals surface area contributed by atoms with Crippen LogP contribution in [0.15, 0.2) is 59.5 Å². The number of carbonyl (C=O) groups is 2. The number of carbonyl (C=O) groups excluding carboxylic acids is 2. The van der Waals surface area contributed by atoms with Crippen LogP contribution in [0.1, 0.15) is 40.3 Å². The number of anilines is 1. The summed E-state index contributed by atoms with van der Waals surface area (Å²) in [6.45, 7) is 6.14. The van der Waals surface area contributed by atoms with E-state index >= 15 is 0 Å². The number of hydrogen-bond donors (Lipinski definition) is 1. The first-order valence-electron chi connectivity index (χ1n) is 12.5. The van der Waals surface area contributed by atoms with E-state index in [0.717, 1.165) is 5.69 Å². The molecule has 0 saturated heterocycles. The van der Waals surface area contributed by atoms with E-state index in [2.05, 4.69) is 29.0 Å². The lowest BCUT2D eigenvalue weighted by molar-refractivity contribution is 0.00900. The fraction of sp³-hybridized carbons (Fsp3) is 0.393. The zero-order valence-electron chi connectivity index (χ0n) is 22.0. The number of methoxy groups -OCH3 is 1. The molecule has 1 aromatic heterocycles. The molecule has 0 spiro atoms. The average molecular weight is 525 g/mol. The Labute approximate surface area is 221 Å². The third kappa shape index (κ3) is 6.56. The fourth-order valence-corrected chi connectivity index (χ4v) is 4.48. The highest BCUT2D eigenvalue weighted by atomic mass is 19.1. The van der Waals surface area contributed by atoms with Crippen LogP contribution in [0.5, 0.6) is 5.75 Å². The molecule has 4 rings (SSSR count). The van der Waals surface area contributed by atoms with Crippen molar-refractivity contribution in [3.05, 3.63) is 77.8 Å². The lowest BCUT2D eigenvalue weighted by Crippen LogP contribution is -2.46. The molecule has 1 aliphatic rings. The molecule has 0 fully saturated rings. The third-order valence-corrected chi connectivity index (χ3v) is 6.79. The molecule has 1 aliphatic heterocycles. The molecule has 2 aromatic carbocycles. The van der Waals surface area contributed by atoms with Crippen molar-refractivity contribution < 1.29 is 27.9 Å². The summed E-state index contributed by atoms with van der Waals surface area (Å²) < 4.78 is 30.4. The van der Waals surface area contributed by atoms with Crippen LogP contribution >= 0.6 is 0 Å². The summed E-state index contributed by atoms with van der Waals surface area (Å²) in [5.74, 6) is -0.572. The van der Waals surface area contributed by atoms with Crippen LogP contribution in [0.3, 0.4) is 0 Å². The minimum atomic E-state index is -0.426. The largest absolute Gasteiger partial charge is 0.491 e. The maximum atomic E-state index is 13.5. The molecule has 0 saturated carbocycles. The summed E-state index contributed by atoms with van der Waals surface area (Å²) >= 11 is 0. The zero-order chi connectivity index (χ0) is 27.2. The molecule has 9 nitrogen and oxygen atoms in total. The third-order valence-electron chi connectivity index (χ3n) is 6.79. The molecule has 2 amide bonds. The molecular formula is C28H33FN4O5. The van der Waals surface area contributed by atoms with Crippen LogP contribution in [0.4, 0.5) is 10.1 Å². The number of hydrogen-bond acceptors (Lipinski definition) is 7. The average Bonchev–Trinajstić information content (AvgIpc) is 3.42. The van der Waals surface area contributed by atoms with Gasteiger partial charge in [-0.25, -0.2) is 9.37 Å². The van der Waals surface area contributed by atoms with Gasteiger partial charge in [0.05, 0.1) is 17.4 Å². The van der Waals surface area contributed by atoms with Crippen molar-refractivity contribution in [2.75, 3.05) is 39.2 Å². The normalized spacial score (nSPS) is 21.1. The monoisotopic (exact) mass is 524 g/mol. The van der Waals surface area contributed by atoms with Crippen LogP contribution < -0.4 is 10.1 Å². The lowest BCUT2D eigenvalue weighted by atomic mass is 10.0. The fourth-order valence-electron chi connectivity index (χ4n) is 4.48. The van der Waals surface area contributed by atoms with Gasteiger partial charge < -0.3 is 24.1 Å². The Hall–Kier alpha value is -3.76. The van der Waals surface area contributed by atoms with Crippen LogP contribution in [-0.4, -0.2) is 72.6 Å². The van der Waals surface area contributed by atoms with Gasteiger partial charge in [0.2, 0.25) is 0 Å². The summed E-state index contributed by atoms with van der Waals surface area (Å²) in [7, 11) is 3.37. The Bertz CT molecular complexity index is 1230. The number of likely N-dealkylation sites (N-methyl/N-ethyl adjacent to an activating group) is 1. The van der Waals surface area contributed by atoms with E-state index < -0.39 is 11.7 Å². The van der Waals surface area contributed by atoms with Crippen molar-refractivity contribution in [1.82, 2.24) is 14.8 Å². The van der Waals surface area contributed by atoms with Gasteiger partial charge in [-0.15, -0.1) is 0 Å². The molecule has 3 atom stereocenters. The van der Waals surface area contributed by atoms with Gasteiger partial charge in [-0.05, 0) is 55.3 Å². The van der Waals surface area contributed by atoms with Gasteiger partial charge in [-0.2, -0.15) is 0 Å².